The summed E-state index contributed by atoms with van der Waals surface area (Å²) in [5.41, 5.74) is 1.88. The molecule has 0 bridgehead atoms. The van der Waals surface area contributed by atoms with Crippen molar-refractivity contribution in [1.29, 1.82) is 0 Å². The van der Waals surface area contributed by atoms with E-state index in [1.165, 1.54) is 25.2 Å². The van der Waals surface area contributed by atoms with Gasteiger partial charge in [-0.05, 0) is 41.3 Å². The number of carbonyl (C=O) groups excluding carboxylic acids is 2. The molecule has 226 valence electrons. The highest BCUT2D eigenvalue weighted by Gasteiger charge is 2.33. The number of benzene rings is 3. The number of carbonyl (C=O) groups is 2. The van der Waals surface area contributed by atoms with Gasteiger partial charge >= 0.3 is 0 Å². The summed E-state index contributed by atoms with van der Waals surface area (Å²) in [5.74, 6) is 0.0919. The van der Waals surface area contributed by atoms with Crippen molar-refractivity contribution in [1.82, 2.24) is 10.2 Å². The van der Waals surface area contributed by atoms with Crippen LogP contribution in [-0.4, -0.2) is 64.7 Å². The molecule has 1 atom stereocenters. The van der Waals surface area contributed by atoms with E-state index in [1.807, 2.05) is 68.4 Å². The van der Waals surface area contributed by atoms with E-state index in [4.69, 9.17) is 9.47 Å². The molecule has 0 aliphatic carbocycles. The molecule has 0 heterocycles. The Kier molecular flexibility index (Phi) is 11.8. The Morgan fingerprint density at radius 1 is 0.905 bits per heavy atom. The molecule has 0 saturated carbocycles. The van der Waals surface area contributed by atoms with Crippen molar-refractivity contribution in [2.45, 2.75) is 32.9 Å². The Balaban J connectivity index is 2.07. The number of sulfonamides is 1. The molecule has 3 rings (SSSR count). The van der Waals surface area contributed by atoms with Gasteiger partial charge in [-0.2, -0.15) is 0 Å². The third-order valence-electron chi connectivity index (χ3n) is 6.53. The van der Waals surface area contributed by atoms with Crippen LogP contribution in [0.2, 0.25) is 0 Å². The second-order valence-electron chi connectivity index (χ2n) is 10.3. The maximum atomic E-state index is 14.2. The quantitative estimate of drug-likeness (QED) is 0.270. The molecule has 3 aromatic carbocycles. The number of amides is 2. The number of rotatable bonds is 14. The average Bonchev–Trinajstić information content (AvgIpc) is 2.95. The van der Waals surface area contributed by atoms with Crippen molar-refractivity contribution in [2.75, 3.05) is 37.9 Å². The second-order valence-corrected chi connectivity index (χ2v) is 13.1. The predicted octanol–water partition coefficient (Wildman–Crippen LogP) is 4.64. The van der Waals surface area contributed by atoms with Crippen LogP contribution in [0.5, 0.6) is 11.5 Å². The number of nitrogens with zero attached hydrogens (tertiary/aromatic N) is 2. The van der Waals surface area contributed by atoms with E-state index in [0.717, 1.165) is 26.2 Å². The second kappa shape index (κ2) is 15.1. The van der Waals surface area contributed by atoms with Crippen LogP contribution in [0.3, 0.4) is 0 Å². The van der Waals surface area contributed by atoms with Crippen molar-refractivity contribution in [2.24, 2.45) is 5.92 Å². The number of methoxy groups -OCH3 is 2. The van der Waals surface area contributed by atoms with Gasteiger partial charge in [0.1, 0.15) is 12.6 Å². The molecule has 1 unspecified atom stereocenters. The van der Waals surface area contributed by atoms with Crippen LogP contribution in [0.25, 0.3) is 0 Å². The summed E-state index contributed by atoms with van der Waals surface area (Å²) >= 11 is 3.48. The zero-order valence-electron chi connectivity index (χ0n) is 24.5. The van der Waals surface area contributed by atoms with E-state index in [1.54, 1.807) is 12.1 Å². The minimum Gasteiger partial charge on any atom is -0.493 e. The number of hydrogen-bond donors (Lipinski definition) is 1. The lowest BCUT2D eigenvalue weighted by Crippen LogP contribution is -2.53. The molecular weight excluding hydrogens is 622 g/mol. The molecule has 0 fully saturated rings. The first-order chi connectivity index (χ1) is 19.9. The molecular formula is C31H38BrN3O6S. The van der Waals surface area contributed by atoms with Gasteiger partial charge in [-0.3, -0.25) is 13.9 Å². The molecule has 0 spiro atoms. The van der Waals surface area contributed by atoms with Crippen molar-refractivity contribution < 1.29 is 27.5 Å². The number of ether oxygens (including phenoxy) is 2. The molecule has 11 heteroatoms. The fourth-order valence-electron chi connectivity index (χ4n) is 4.40. The van der Waals surface area contributed by atoms with Crippen LogP contribution in [-0.2, 0) is 32.6 Å². The number of anilines is 1. The largest absolute Gasteiger partial charge is 0.493 e. The molecule has 0 aromatic heterocycles. The molecule has 0 radical (unpaired) electrons. The van der Waals surface area contributed by atoms with Crippen LogP contribution in [0.15, 0.2) is 77.3 Å². The average molecular weight is 661 g/mol. The third kappa shape index (κ3) is 9.22. The summed E-state index contributed by atoms with van der Waals surface area (Å²) in [6.07, 6.45) is 1.28. The fourth-order valence-corrected chi connectivity index (χ4v) is 5.69. The van der Waals surface area contributed by atoms with Gasteiger partial charge in [-0.25, -0.2) is 8.42 Å². The van der Waals surface area contributed by atoms with Crippen molar-refractivity contribution in [3.63, 3.8) is 0 Å². The van der Waals surface area contributed by atoms with Crippen LogP contribution < -0.4 is 19.1 Å². The maximum Gasteiger partial charge on any atom is 0.244 e. The Hall–Kier alpha value is -3.57. The summed E-state index contributed by atoms with van der Waals surface area (Å²) in [6, 6.07) is 20.6. The van der Waals surface area contributed by atoms with Crippen LogP contribution >= 0.6 is 15.9 Å². The number of nitrogens with one attached hydrogen (secondary N) is 1. The predicted molar refractivity (Wildman–Crippen MR) is 168 cm³/mol. The van der Waals surface area contributed by atoms with Gasteiger partial charge < -0.3 is 19.7 Å². The van der Waals surface area contributed by atoms with Crippen LogP contribution in [0.1, 0.15) is 25.0 Å². The van der Waals surface area contributed by atoms with E-state index in [9.17, 15) is 18.0 Å². The summed E-state index contributed by atoms with van der Waals surface area (Å²) < 4.78 is 38.5. The van der Waals surface area contributed by atoms with Crippen LogP contribution in [0, 0.1) is 5.92 Å². The number of halogens is 1. The monoisotopic (exact) mass is 659 g/mol. The van der Waals surface area contributed by atoms with Crippen molar-refractivity contribution >= 4 is 43.5 Å². The summed E-state index contributed by atoms with van der Waals surface area (Å²) in [7, 11) is -0.991. The molecule has 9 nitrogen and oxygen atoms in total. The van der Waals surface area contributed by atoms with Gasteiger partial charge in [0.15, 0.2) is 11.5 Å². The molecule has 0 aliphatic heterocycles. The highest BCUT2D eigenvalue weighted by molar-refractivity contribution is 9.10. The zero-order chi connectivity index (χ0) is 30.9. The maximum absolute atomic E-state index is 14.2. The minimum atomic E-state index is -3.92. The van der Waals surface area contributed by atoms with E-state index in [2.05, 4.69) is 21.2 Å². The lowest BCUT2D eigenvalue weighted by atomic mass is 10.0. The zero-order valence-corrected chi connectivity index (χ0v) is 26.9. The van der Waals surface area contributed by atoms with Gasteiger partial charge in [-0.15, -0.1) is 0 Å². The highest BCUT2D eigenvalue weighted by atomic mass is 79.9. The lowest BCUT2D eigenvalue weighted by molar-refractivity contribution is -0.140. The van der Waals surface area contributed by atoms with Gasteiger partial charge in [0.25, 0.3) is 0 Å². The molecule has 0 aliphatic rings. The molecule has 1 N–H and O–H groups in total. The molecule has 0 saturated heterocycles. The summed E-state index contributed by atoms with van der Waals surface area (Å²) in [4.78, 5) is 29.3. The minimum absolute atomic E-state index is 0.0917. The van der Waals surface area contributed by atoms with E-state index < -0.39 is 28.5 Å². The highest BCUT2D eigenvalue weighted by Crippen LogP contribution is 2.32. The third-order valence-corrected chi connectivity index (χ3v) is 8.17. The Morgan fingerprint density at radius 2 is 1.57 bits per heavy atom. The SMILES string of the molecule is COc1ccc(N(CC(=O)N(Cc2cccc(Br)c2)C(Cc2ccccc2)C(=O)NCC(C)C)S(C)(=O)=O)cc1OC. The van der Waals surface area contributed by atoms with E-state index in [0.29, 0.717) is 18.0 Å². The smallest absolute Gasteiger partial charge is 0.244 e. The van der Waals surface area contributed by atoms with Crippen LogP contribution in [0.4, 0.5) is 5.69 Å². The summed E-state index contributed by atoms with van der Waals surface area (Å²) in [6.45, 7) is 3.98. The Bertz CT molecular complexity index is 1470. The first-order valence-corrected chi connectivity index (χ1v) is 16.1. The first-order valence-electron chi connectivity index (χ1n) is 13.5. The van der Waals surface area contributed by atoms with Crippen molar-refractivity contribution in [3.8, 4) is 11.5 Å². The van der Waals surface area contributed by atoms with Crippen molar-refractivity contribution in [3.05, 3.63) is 88.4 Å². The van der Waals surface area contributed by atoms with Gasteiger partial charge in [-0.1, -0.05) is 72.2 Å². The molecule has 2 amide bonds. The first kappa shape index (κ1) is 32.9. The topological polar surface area (TPSA) is 105 Å². The number of hydrogen-bond acceptors (Lipinski definition) is 6. The van der Waals surface area contributed by atoms with E-state index >= 15 is 0 Å². The van der Waals surface area contributed by atoms with Gasteiger partial charge in [0.2, 0.25) is 21.8 Å². The van der Waals surface area contributed by atoms with Gasteiger partial charge in [0, 0.05) is 30.0 Å². The Labute approximate surface area is 257 Å². The standard InChI is InChI=1S/C31H38BrN3O6S/c1-22(2)19-33-31(37)27(17-23-10-7-6-8-11-23)34(20-24-12-9-13-25(32)16-24)30(36)21-35(42(5,38)39)26-14-15-28(40-3)29(18-26)41-4/h6-16,18,22,27H,17,19-21H2,1-5H3,(H,33,37). The fraction of sp³-hybridized carbons (Fsp3) is 0.355. The van der Waals surface area contributed by atoms with E-state index in [-0.39, 0.29) is 30.5 Å². The molecule has 42 heavy (non-hydrogen) atoms. The Morgan fingerprint density at radius 3 is 2.17 bits per heavy atom. The lowest BCUT2D eigenvalue weighted by Gasteiger charge is -2.33. The normalized spacial score (nSPS) is 12.0. The van der Waals surface area contributed by atoms with Gasteiger partial charge in [0.05, 0.1) is 26.2 Å². The summed E-state index contributed by atoms with van der Waals surface area (Å²) in [5, 5.41) is 2.97. The molecule has 3 aromatic rings.